The minimum atomic E-state index is -0.536. The fraction of sp³-hybridized carbons (Fsp3) is 0.500. The summed E-state index contributed by atoms with van der Waals surface area (Å²) in [5.74, 6) is -0.536. The molecule has 9 heavy (non-hydrogen) atoms. The van der Waals surface area contributed by atoms with Crippen LogP contribution in [0, 0.1) is 0 Å². The van der Waals surface area contributed by atoms with Gasteiger partial charge in [-0.2, -0.15) is 0 Å². The highest BCUT2D eigenvalue weighted by atomic mass is 16.4. The van der Waals surface area contributed by atoms with Crippen LogP contribution >= 0.6 is 0 Å². The predicted octanol–water partition coefficient (Wildman–Crippen LogP) is -0.205. The maximum atomic E-state index is 10.2. The summed E-state index contributed by atoms with van der Waals surface area (Å²) < 4.78 is 4.49. The molecule has 0 saturated heterocycles. The van der Waals surface area contributed by atoms with Gasteiger partial charge in [-0.15, -0.1) is 5.10 Å². The SMILES string of the molecule is CCNc1n[nH]c(=O)o1. The number of aromatic nitrogens is 2. The maximum absolute atomic E-state index is 10.2. The van der Waals surface area contributed by atoms with Crippen LogP contribution in [0.15, 0.2) is 9.21 Å². The van der Waals surface area contributed by atoms with E-state index in [0.717, 1.165) is 0 Å². The fourth-order valence-corrected chi connectivity index (χ4v) is 0.457. The lowest BCUT2D eigenvalue weighted by atomic mass is 10.8. The van der Waals surface area contributed by atoms with Crippen molar-refractivity contribution in [2.45, 2.75) is 6.92 Å². The summed E-state index contributed by atoms with van der Waals surface area (Å²) in [6.45, 7) is 2.57. The summed E-state index contributed by atoms with van der Waals surface area (Å²) in [5.41, 5.74) is 0. The Bertz CT molecular complexity index is 226. The molecule has 2 N–H and O–H groups in total. The lowest BCUT2D eigenvalue weighted by Gasteiger charge is -1.88. The molecule has 1 rings (SSSR count). The van der Waals surface area contributed by atoms with Crippen molar-refractivity contribution in [3.8, 4) is 0 Å². The second-order valence-corrected chi connectivity index (χ2v) is 1.45. The van der Waals surface area contributed by atoms with Gasteiger partial charge in [-0.3, -0.25) is 0 Å². The molecule has 0 aliphatic carbocycles. The van der Waals surface area contributed by atoms with Crippen LogP contribution in [0.2, 0.25) is 0 Å². The third kappa shape index (κ3) is 1.31. The van der Waals surface area contributed by atoms with Gasteiger partial charge in [-0.05, 0) is 6.92 Å². The van der Waals surface area contributed by atoms with Crippen molar-refractivity contribution in [3.63, 3.8) is 0 Å². The quantitative estimate of drug-likeness (QED) is 0.579. The first kappa shape index (κ1) is 5.87. The Morgan fingerprint density at radius 3 is 3.11 bits per heavy atom. The fourth-order valence-electron chi connectivity index (χ4n) is 0.457. The lowest BCUT2D eigenvalue weighted by Crippen LogP contribution is -1.96. The van der Waals surface area contributed by atoms with Crippen molar-refractivity contribution in [1.82, 2.24) is 10.2 Å². The first-order valence-electron chi connectivity index (χ1n) is 2.62. The number of hydrogen-bond donors (Lipinski definition) is 2. The zero-order valence-electron chi connectivity index (χ0n) is 4.97. The predicted molar refractivity (Wildman–Crippen MR) is 31.3 cm³/mol. The standard InChI is InChI=1S/C4H7N3O2/c1-2-5-3-6-7-4(8)9-3/h2H2,1H3,(H,5,6)(H,7,8). The molecular weight excluding hydrogens is 122 g/mol. The zero-order chi connectivity index (χ0) is 6.69. The summed E-state index contributed by atoms with van der Waals surface area (Å²) in [6, 6.07) is 0.238. The summed E-state index contributed by atoms with van der Waals surface area (Å²) >= 11 is 0. The molecular formula is C4H7N3O2. The van der Waals surface area contributed by atoms with Crippen LogP contribution < -0.4 is 11.1 Å². The van der Waals surface area contributed by atoms with Crippen LogP contribution in [-0.4, -0.2) is 16.7 Å². The topological polar surface area (TPSA) is 70.9 Å². The van der Waals surface area contributed by atoms with Crippen LogP contribution in [0.25, 0.3) is 0 Å². The van der Waals surface area contributed by atoms with E-state index in [4.69, 9.17) is 0 Å². The van der Waals surface area contributed by atoms with E-state index in [2.05, 4.69) is 19.9 Å². The largest absolute Gasteiger partial charge is 0.435 e. The highest BCUT2D eigenvalue weighted by Crippen LogP contribution is 1.91. The number of H-pyrrole nitrogens is 1. The summed E-state index contributed by atoms with van der Waals surface area (Å²) in [7, 11) is 0. The third-order valence-corrected chi connectivity index (χ3v) is 0.766. The molecule has 0 atom stereocenters. The molecule has 0 fully saturated rings. The van der Waals surface area contributed by atoms with Crippen LogP contribution in [-0.2, 0) is 0 Å². The van der Waals surface area contributed by atoms with E-state index in [0.29, 0.717) is 6.54 Å². The first-order chi connectivity index (χ1) is 4.33. The summed E-state index contributed by atoms with van der Waals surface area (Å²) in [6.07, 6.45) is 0. The van der Waals surface area contributed by atoms with Crippen molar-refractivity contribution in [3.05, 3.63) is 10.6 Å². The molecule has 50 valence electrons. The van der Waals surface area contributed by atoms with E-state index in [1.165, 1.54) is 0 Å². The molecule has 1 heterocycles. The molecule has 0 amide bonds. The third-order valence-electron chi connectivity index (χ3n) is 0.766. The van der Waals surface area contributed by atoms with Gasteiger partial charge in [0, 0.05) is 6.54 Å². The summed E-state index contributed by atoms with van der Waals surface area (Å²) in [5, 5.41) is 8.33. The van der Waals surface area contributed by atoms with Gasteiger partial charge in [0.2, 0.25) is 0 Å². The molecule has 0 spiro atoms. The van der Waals surface area contributed by atoms with Crippen molar-refractivity contribution in [2.75, 3.05) is 11.9 Å². The normalized spacial score (nSPS) is 9.44. The Hall–Kier alpha value is -1.26. The van der Waals surface area contributed by atoms with Gasteiger partial charge >= 0.3 is 11.8 Å². The second kappa shape index (κ2) is 2.34. The van der Waals surface area contributed by atoms with Crippen LogP contribution in [0.3, 0.4) is 0 Å². The Balaban J connectivity index is 2.73. The number of nitrogens with zero attached hydrogens (tertiary/aromatic N) is 1. The molecule has 0 bridgehead atoms. The molecule has 1 aromatic rings. The molecule has 0 aliphatic rings. The van der Waals surface area contributed by atoms with E-state index in [1.807, 2.05) is 6.92 Å². The molecule has 1 aromatic heterocycles. The van der Waals surface area contributed by atoms with E-state index < -0.39 is 5.76 Å². The van der Waals surface area contributed by atoms with Gasteiger partial charge in [0.1, 0.15) is 0 Å². The lowest BCUT2D eigenvalue weighted by molar-refractivity contribution is 0.526. The Labute approximate surface area is 51.1 Å². The van der Waals surface area contributed by atoms with Crippen molar-refractivity contribution >= 4 is 6.01 Å². The monoisotopic (exact) mass is 129 g/mol. The Morgan fingerprint density at radius 2 is 2.67 bits per heavy atom. The highest BCUT2D eigenvalue weighted by Gasteiger charge is 1.94. The Kier molecular flexibility index (Phi) is 1.53. The number of hydrogen-bond acceptors (Lipinski definition) is 4. The second-order valence-electron chi connectivity index (χ2n) is 1.45. The molecule has 5 heteroatoms. The van der Waals surface area contributed by atoms with Gasteiger partial charge in [0.15, 0.2) is 0 Å². The van der Waals surface area contributed by atoms with Crippen LogP contribution in [0.1, 0.15) is 6.92 Å². The van der Waals surface area contributed by atoms with E-state index in [1.54, 1.807) is 0 Å². The van der Waals surface area contributed by atoms with Gasteiger partial charge in [-0.1, -0.05) is 0 Å². The first-order valence-corrected chi connectivity index (χ1v) is 2.62. The average Bonchev–Trinajstić information content (AvgIpc) is 2.17. The van der Waals surface area contributed by atoms with Crippen molar-refractivity contribution in [2.24, 2.45) is 0 Å². The number of rotatable bonds is 2. The Morgan fingerprint density at radius 1 is 1.89 bits per heavy atom. The molecule has 5 nitrogen and oxygen atoms in total. The van der Waals surface area contributed by atoms with Gasteiger partial charge in [-0.25, -0.2) is 9.89 Å². The molecule has 0 unspecified atom stereocenters. The highest BCUT2D eigenvalue weighted by molar-refractivity contribution is 5.13. The minimum absolute atomic E-state index is 0.238. The van der Waals surface area contributed by atoms with Gasteiger partial charge < -0.3 is 9.73 Å². The molecule has 0 aliphatic heterocycles. The van der Waals surface area contributed by atoms with E-state index >= 15 is 0 Å². The van der Waals surface area contributed by atoms with Crippen LogP contribution in [0.4, 0.5) is 6.01 Å². The summed E-state index contributed by atoms with van der Waals surface area (Å²) in [4.78, 5) is 10.2. The number of aromatic amines is 1. The van der Waals surface area contributed by atoms with Crippen molar-refractivity contribution < 1.29 is 4.42 Å². The maximum Gasteiger partial charge on any atom is 0.435 e. The van der Waals surface area contributed by atoms with Gasteiger partial charge in [0.25, 0.3) is 0 Å². The minimum Gasteiger partial charge on any atom is -0.373 e. The zero-order valence-corrected chi connectivity index (χ0v) is 4.97. The van der Waals surface area contributed by atoms with E-state index in [9.17, 15) is 4.79 Å². The molecule has 0 radical (unpaired) electrons. The molecule has 0 saturated carbocycles. The smallest absolute Gasteiger partial charge is 0.373 e. The van der Waals surface area contributed by atoms with Crippen molar-refractivity contribution in [1.29, 1.82) is 0 Å². The van der Waals surface area contributed by atoms with Gasteiger partial charge in [0.05, 0.1) is 0 Å². The number of nitrogens with one attached hydrogen (secondary N) is 2. The number of anilines is 1. The average molecular weight is 129 g/mol. The van der Waals surface area contributed by atoms with E-state index in [-0.39, 0.29) is 6.01 Å². The van der Waals surface area contributed by atoms with Crippen LogP contribution in [0.5, 0.6) is 0 Å². The molecule has 0 aromatic carbocycles.